The summed E-state index contributed by atoms with van der Waals surface area (Å²) in [5, 5.41) is 13.9. The SMILES string of the molecule is Cc1cccc(C)c1Nc1ccc(C(=O)NC2CCS(=O)(=O)C2)nn1. The number of para-hydroxylation sites is 1. The molecule has 7 nitrogen and oxygen atoms in total. The zero-order valence-electron chi connectivity index (χ0n) is 14.1. The van der Waals surface area contributed by atoms with E-state index in [1.807, 2.05) is 32.0 Å². The van der Waals surface area contributed by atoms with Crippen LogP contribution < -0.4 is 10.6 Å². The topological polar surface area (TPSA) is 101 Å². The fourth-order valence-corrected chi connectivity index (χ4v) is 4.50. The van der Waals surface area contributed by atoms with Gasteiger partial charge >= 0.3 is 0 Å². The average Bonchev–Trinajstić information content (AvgIpc) is 2.90. The van der Waals surface area contributed by atoms with E-state index in [-0.39, 0.29) is 23.2 Å². The predicted molar refractivity (Wildman–Crippen MR) is 95.8 cm³/mol. The Morgan fingerprint density at radius 3 is 2.40 bits per heavy atom. The van der Waals surface area contributed by atoms with Crippen molar-refractivity contribution in [2.75, 3.05) is 16.8 Å². The summed E-state index contributed by atoms with van der Waals surface area (Å²) in [5.41, 5.74) is 3.30. The quantitative estimate of drug-likeness (QED) is 0.861. The standard InChI is InChI=1S/C17H20N4O3S/c1-11-4-3-5-12(2)16(11)19-15-7-6-14(20-21-15)17(22)18-13-8-9-25(23,24)10-13/h3-7,13H,8-10H2,1-2H3,(H,18,22)(H,19,21). The van der Waals surface area contributed by atoms with E-state index in [1.54, 1.807) is 12.1 Å². The summed E-state index contributed by atoms with van der Waals surface area (Å²) in [6.07, 6.45) is 0.438. The molecular formula is C17H20N4O3S. The van der Waals surface area contributed by atoms with Crippen LogP contribution in [0.3, 0.4) is 0 Å². The molecule has 1 aliphatic rings. The van der Waals surface area contributed by atoms with Gasteiger partial charge in [-0.2, -0.15) is 0 Å². The molecule has 1 unspecified atom stereocenters. The second kappa shape index (κ2) is 6.79. The zero-order chi connectivity index (χ0) is 18.0. The van der Waals surface area contributed by atoms with E-state index in [0.717, 1.165) is 16.8 Å². The minimum atomic E-state index is -3.03. The number of nitrogens with zero attached hydrogens (tertiary/aromatic N) is 2. The first-order chi connectivity index (χ1) is 11.8. The third-order valence-electron chi connectivity index (χ3n) is 4.20. The van der Waals surface area contributed by atoms with Gasteiger partial charge in [-0.3, -0.25) is 4.79 Å². The van der Waals surface area contributed by atoms with Crippen molar-refractivity contribution in [1.29, 1.82) is 0 Å². The largest absolute Gasteiger partial charge is 0.347 e. The predicted octanol–water partition coefficient (Wildman–Crippen LogP) is 1.75. The molecule has 2 aromatic rings. The van der Waals surface area contributed by atoms with Gasteiger partial charge in [0.05, 0.1) is 11.5 Å². The molecule has 0 spiro atoms. The van der Waals surface area contributed by atoms with Crippen molar-refractivity contribution in [3.8, 4) is 0 Å². The third-order valence-corrected chi connectivity index (χ3v) is 5.97. The number of hydrogen-bond donors (Lipinski definition) is 2. The summed E-state index contributed by atoms with van der Waals surface area (Å²) in [7, 11) is -3.03. The summed E-state index contributed by atoms with van der Waals surface area (Å²) in [6.45, 7) is 4.00. The van der Waals surface area contributed by atoms with Crippen LogP contribution >= 0.6 is 0 Å². The van der Waals surface area contributed by atoms with Gasteiger partial charge in [0.2, 0.25) is 0 Å². The van der Waals surface area contributed by atoms with E-state index in [0.29, 0.717) is 12.2 Å². The molecule has 8 heteroatoms. The highest BCUT2D eigenvalue weighted by atomic mass is 32.2. The van der Waals surface area contributed by atoms with Crippen molar-refractivity contribution in [3.63, 3.8) is 0 Å². The fraction of sp³-hybridized carbons (Fsp3) is 0.353. The lowest BCUT2D eigenvalue weighted by Gasteiger charge is -2.12. The first kappa shape index (κ1) is 17.3. The Kier molecular flexibility index (Phi) is 4.71. The Bertz CT molecular complexity index is 874. The van der Waals surface area contributed by atoms with Crippen LogP contribution in [0, 0.1) is 13.8 Å². The smallest absolute Gasteiger partial charge is 0.272 e. The van der Waals surface area contributed by atoms with E-state index in [1.165, 1.54) is 0 Å². The van der Waals surface area contributed by atoms with Crippen molar-refractivity contribution in [1.82, 2.24) is 15.5 Å². The minimum absolute atomic E-state index is 0.0155. The van der Waals surface area contributed by atoms with E-state index in [2.05, 4.69) is 20.8 Å². The molecule has 1 atom stereocenters. The van der Waals surface area contributed by atoms with Crippen LogP contribution in [0.15, 0.2) is 30.3 Å². The number of anilines is 2. The monoisotopic (exact) mass is 360 g/mol. The Morgan fingerprint density at radius 2 is 1.84 bits per heavy atom. The normalized spacial score (nSPS) is 18.7. The number of nitrogens with one attached hydrogen (secondary N) is 2. The fourth-order valence-electron chi connectivity index (χ4n) is 2.83. The zero-order valence-corrected chi connectivity index (χ0v) is 14.9. The number of aromatic nitrogens is 2. The van der Waals surface area contributed by atoms with Crippen LogP contribution in [-0.4, -0.2) is 42.1 Å². The molecule has 1 saturated heterocycles. The van der Waals surface area contributed by atoms with Gasteiger partial charge in [-0.15, -0.1) is 10.2 Å². The second-order valence-corrected chi connectivity index (χ2v) is 8.50. The molecule has 1 fully saturated rings. The molecule has 0 bridgehead atoms. The molecular weight excluding hydrogens is 340 g/mol. The van der Waals surface area contributed by atoms with Gasteiger partial charge in [0.15, 0.2) is 21.3 Å². The van der Waals surface area contributed by atoms with E-state index < -0.39 is 15.7 Å². The van der Waals surface area contributed by atoms with Gasteiger partial charge in [0.25, 0.3) is 5.91 Å². The van der Waals surface area contributed by atoms with Crippen LogP contribution in [0.25, 0.3) is 0 Å². The summed E-state index contributed by atoms with van der Waals surface area (Å²) < 4.78 is 22.9. The summed E-state index contributed by atoms with van der Waals surface area (Å²) in [4.78, 5) is 12.2. The van der Waals surface area contributed by atoms with Crippen LogP contribution in [0.4, 0.5) is 11.5 Å². The molecule has 1 aromatic carbocycles. The molecule has 1 amide bonds. The van der Waals surface area contributed by atoms with E-state index in [9.17, 15) is 13.2 Å². The number of carbonyl (C=O) groups excluding carboxylic acids is 1. The Hall–Kier alpha value is -2.48. The summed E-state index contributed by atoms with van der Waals surface area (Å²) in [6, 6.07) is 8.88. The third kappa shape index (κ3) is 4.14. The molecule has 25 heavy (non-hydrogen) atoms. The number of rotatable bonds is 4. The molecule has 2 N–H and O–H groups in total. The maximum atomic E-state index is 12.2. The molecule has 1 aliphatic heterocycles. The van der Waals surface area contributed by atoms with Crippen molar-refractivity contribution in [3.05, 3.63) is 47.2 Å². The van der Waals surface area contributed by atoms with Gasteiger partial charge < -0.3 is 10.6 Å². The molecule has 132 valence electrons. The number of aryl methyl sites for hydroxylation is 2. The number of sulfone groups is 1. The van der Waals surface area contributed by atoms with Gasteiger partial charge in [0.1, 0.15) is 0 Å². The number of carbonyl (C=O) groups is 1. The van der Waals surface area contributed by atoms with Crippen LogP contribution in [0.1, 0.15) is 28.0 Å². The van der Waals surface area contributed by atoms with E-state index >= 15 is 0 Å². The maximum Gasteiger partial charge on any atom is 0.272 e. The molecule has 0 aliphatic carbocycles. The molecule has 1 aromatic heterocycles. The second-order valence-electron chi connectivity index (χ2n) is 6.27. The van der Waals surface area contributed by atoms with Crippen molar-refractivity contribution >= 4 is 27.2 Å². The van der Waals surface area contributed by atoms with Crippen LogP contribution in [-0.2, 0) is 9.84 Å². The van der Waals surface area contributed by atoms with Crippen LogP contribution in [0.2, 0.25) is 0 Å². The van der Waals surface area contributed by atoms with Crippen LogP contribution in [0.5, 0.6) is 0 Å². The Morgan fingerprint density at radius 1 is 1.12 bits per heavy atom. The van der Waals surface area contributed by atoms with E-state index in [4.69, 9.17) is 0 Å². The maximum absolute atomic E-state index is 12.2. The lowest BCUT2D eigenvalue weighted by atomic mass is 10.1. The molecule has 2 heterocycles. The summed E-state index contributed by atoms with van der Waals surface area (Å²) in [5.74, 6) is 0.228. The number of benzene rings is 1. The van der Waals surface area contributed by atoms with Crippen molar-refractivity contribution in [2.24, 2.45) is 0 Å². The summed E-state index contributed by atoms with van der Waals surface area (Å²) >= 11 is 0. The lowest BCUT2D eigenvalue weighted by molar-refractivity contribution is 0.0935. The van der Waals surface area contributed by atoms with Crippen molar-refractivity contribution in [2.45, 2.75) is 26.3 Å². The highest BCUT2D eigenvalue weighted by Crippen LogP contribution is 2.22. The lowest BCUT2D eigenvalue weighted by Crippen LogP contribution is -2.36. The van der Waals surface area contributed by atoms with Crippen molar-refractivity contribution < 1.29 is 13.2 Å². The first-order valence-electron chi connectivity index (χ1n) is 8.02. The Labute approximate surface area is 146 Å². The Balaban J connectivity index is 1.67. The molecule has 0 saturated carbocycles. The molecule has 0 radical (unpaired) electrons. The highest BCUT2D eigenvalue weighted by molar-refractivity contribution is 7.91. The molecule has 3 rings (SSSR count). The van der Waals surface area contributed by atoms with Gasteiger partial charge in [-0.1, -0.05) is 18.2 Å². The average molecular weight is 360 g/mol. The highest BCUT2D eigenvalue weighted by Gasteiger charge is 2.29. The minimum Gasteiger partial charge on any atom is -0.347 e. The first-order valence-corrected chi connectivity index (χ1v) is 9.84. The number of hydrogen-bond acceptors (Lipinski definition) is 6. The number of amides is 1. The van der Waals surface area contributed by atoms with Gasteiger partial charge in [0, 0.05) is 11.7 Å². The van der Waals surface area contributed by atoms with Gasteiger partial charge in [-0.05, 0) is 43.5 Å². The van der Waals surface area contributed by atoms with Gasteiger partial charge in [-0.25, -0.2) is 8.42 Å².